The van der Waals surface area contributed by atoms with Gasteiger partial charge in [0.05, 0.1) is 11.0 Å². The van der Waals surface area contributed by atoms with E-state index in [1.165, 1.54) is 55.4 Å². The summed E-state index contributed by atoms with van der Waals surface area (Å²) in [4.78, 5) is 8.35. The zero-order valence-corrected chi connectivity index (χ0v) is 11.2. The number of hydrogen-bond acceptors (Lipinski definition) is 1. The number of aromatic amines is 1. The van der Waals surface area contributed by atoms with Crippen molar-refractivity contribution in [1.82, 2.24) is 9.97 Å². The predicted octanol–water partition coefficient (Wildman–Crippen LogP) is 4.56. The second-order valence-corrected chi connectivity index (χ2v) is 5.52. The maximum atomic E-state index is 4.80. The highest BCUT2D eigenvalue weighted by molar-refractivity contribution is 5.76. The highest BCUT2D eigenvalue weighted by atomic mass is 14.9. The average Bonchev–Trinajstić information content (AvgIpc) is 2.63. The van der Waals surface area contributed by atoms with Crippen molar-refractivity contribution in [1.29, 1.82) is 0 Å². The molecule has 1 aliphatic carbocycles. The summed E-state index contributed by atoms with van der Waals surface area (Å²) in [5.74, 6) is 1.88. The Morgan fingerprint density at radius 1 is 1.17 bits per heavy atom. The molecule has 0 spiro atoms. The van der Waals surface area contributed by atoms with Gasteiger partial charge in [-0.15, -0.1) is 0 Å². The highest BCUT2D eigenvalue weighted by Gasteiger charge is 2.17. The van der Waals surface area contributed by atoms with Crippen LogP contribution >= 0.6 is 0 Å². The quantitative estimate of drug-likeness (QED) is 0.768. The minimum atomic E-state index is 0.657. The monoisotopic (exact) mass is 242 g/mol. The molecule has 0 aliphatic heterocycles. The first-order valence-corrected chi connectivity index (χ1v) is 7.35. The smallest absolute Gasteiger partial charge is 0.110 e. The van der Waals surface area contributed by atoms with Crippen LogP contribution in [0.15, 0.2) is 18.2 Å². The third-order valence-corrected chi connectivity index (χ3v) is 4.21. The predicted molar refractivity (Wildman–Crippen MR) is 75.9 cm³/mol. The molecule has 1 aromatic carbocycles. The van der Waals surface area contributed by atoms with E-state index in [-0.39, 0.29) is 0 Å². The summed E-state index contributed by atoms with van der Waals surface area (Å²) >= 11 is 0. The van der Waals surface area contributed by atoms with E-state index in [4.69, 9.17) is 4.98 Å². The van der Waals surface area contributed by atoms with Gasteiger partial charge in [-0.3, -0.25) is 0 Å². The van der Waals surface area contributed by atoms with Crippen LogP contribution in [0.4, 0.5) is 0 Å². The number of nitrogens with one attached hydrogen (secondary N) is 1. The van der Waals surface area contributed by atoms with Crippen molar-refractivity contribution < 1.29 is 0 Å². The van der Waals surface area contributed by atoms with Gasteiger partial charge in [0, 0.05) is 5.92 Å². The van der Waals surface area contributed by atoms with Crippen molar-refractivity contribution in [2.75, 3.05) is 0 Å². The Bertz CT molecular complexity index is 519. The molecular formula is C16H22N2. The van der Waals surface area contributed by atoms with Gasteiger partial charge in [-0.1, -0.05) is 38.7 Å². The summed E-state index contributed by atoms with van der Waals surface area (Å²) in [6.07, 6.45) is 9.23. The van der Waals surface area contributed by atoms with Gasteiger partial charge in [-0.25, -0.2) is 4.98 Å². The summed E-state index contributed by atoms with van der Waals surface area (Å²) in [6.45, 7) is 2.20. The van der Waals surface area contributed by atoms with Crippen LogP contribution < -0.4 is 0 Å². The molecule has 1 saturated carbocycles. The zero-order valence-electron chi connectivity index (χ0n) is 11.2. The lowest BCUT2D eigenvalue weighted by molar-refractivity contribution is 0.567. The summed E-state index contributed by atoms with van der Waals surface area (Å²) in [5, 5.41) is 0. The van der Waals surface area contributed by atoms with E-state index in [1.54, 1.807) is 0 Å². The molecule has 0 amide bonds. The fraction of sp³-hybridized carbons (Fsp3) is 0.562. The molecule has 0 unspecified atom stereocenters. The van der Waals surface area contributed by atoms with E-state index in [2.05, 4.69) is 30.1 Å². The van der Waals surface area contributed by atoms with E-state index in [1.807, 2.05) is 0 Å². The molecule has 3 rings (SSSR count). The molecule has 0 saturated heterocycles. The van der Waals surface area contributed by atoms with E-state index in [0.29, 0.717) is 5.92 Å². The summed E-state index contributed by atoms with van der Waals surface area (Å²) in [5.41, 5.74) is 3.73. The number of aryl methyl sites for hydroxylation is 1. The standard InChI is InChI=1S/C16H22N2/c1-2-12-9-10-14-15(11-12)18-16(17-14)13-7-5-3-4-6-8-13/h9-11,13H,2-8H2,1H3,(H,17,18). The van der Waals surface area contributed by atoms with Crippen molar-refractivity contribution in [2.24, 2.45) is 0 Å². The molecule has 96 valence electrons. The van der Waals surface area contributed by atoms with E-state index < -0.39 is 0 Å². The van der Waals surface area contributed by atoms with Gasteiger partial charge in [-0.05, 0) is 37.0 Å². The summed E-state index contributed by atoms with van der Waals surface area (Å²) < 4.78 is 0. The second-order valence-electron chi connectivity index (χ2n) is 5.52. The number of rotatable bonds is 2. The normalized spacial score (nSPS) is 18.1. The SMILES string of the molecule is CCc1ccc2nc(C3CCCCCC3)[nH]c2c1. The Hall–Kier alpha value is -1.31. The fourth-order valence-electron chi connectivity index (χ4n) is 3.04. The first-order chi connectivity index (χ1) is 8.86. The number of hydrogen-bond donors (Lipinski definition) is 1. The van der Waals surface area contributed by atoms with Crippen LogP contribution in [0.25, 0.3) is 11.0 Å². The van der Waals surface area contributed by atoms with Crippen LogP contribution in [0.1, 0.15) is 62.8 Å². The van der Waals surface area contributed by atoms with Gasteiger partial charge in [0.15, 0.2) is 0 Å². The van der Waals surface area contributed by atoms with Crippen molar-refractivity contribution in [3.05, 3.63) is 29.6 Å². The minimum absolute atomic E-state index is 0.657. The van der Waals surface area contributed by atoms with Crippen LogP contribution in [0, 0.1) is 0 Å². The Labute approximate surface area is 109 Å². The third kappa shape index (κ3) is 2.29. The molecule has 0 radical (unpaired) electrons. The van der Waals surface area contributed by atoms with Gasteiger partial charge >= 0.3 is 0 Å². The fourth-order valence-corrected chi connectivity index (χ4v) is 3.04. The molecule has 2 heteroatoms. The molecule has 1 aliphatic rings. The molecule has 2 nitrogen and oxygen atoms in total. The summed E-state index contributed by atoms with van der Waals surface area (Å²) in [6, 6.07) is 6.60. The summed E-state index contributed by atoms with van der Waals surface area (Å²) in [7, 11) is 0. The Morgan fingerprint density at radius 3 is 2.67 bits per heavy atom. The number of aromatic nitrogens is 2. The van der Waals surface area contributed by atoms with Crippen molar-refractivity contribution in [2.45, 2.75) is 57.8 Å². The number of benzene rings is 1. The van der Waals surface area contributed by atoms with Crippen molar-refractivity contribution in [3.63, 3.8) is 0 Å². The van der Waals surface area contributed by atoms with E-state index in [9.17, 15) is 0 Å². The zero-order chi connectivity index (χ0) is 12.4. The highest BCUT2D eigenvalue weighted by Crippen LogP contribution is 2.31. The Balaban J connectivity index is 1.91. The van der Waals surface area contributed by atoms with Crippen LogP contribution in [0.2, 0.25) is 0 Å². The van der Waals surface area contributed by atoms with Crippen molar-refractivity contribution in [3.8, 4) is 0 Å². The second kappa shape index (κ2) is 5.13. The lowest BCUT2D eigenvalue weighted by Crippen LogP contribution is -1.99. The molecule has 0 bridgehead atoms. The Kier molecular flexibility index (Phi) is 3.35. The van der Waals surface area contributed by atoms with E-state index >= 15 is 0 Å². The van der Waals surface area contributed by atoms with Crippen molar-refractivity contribution >= 4 is 11.0 Å². The van der Waals surface area contributed by atoms with Crippen LogP contribution in [-0.4, -0.2) is 9.97 Å². The number of imidazole rings is 1. The third-order valence-electron chi connectivity index (χ3n) is 4.21. The topological polar surface area (TPSA) is 28.7 Å². The van der Waals surface area contributed by atoms with Gasteiger partial charge in [0.25, 0.3) is 0 Å². The lowest BCUT2D eigenvalue weighted by Gasteiger charge is -2.09. The molecule has 1 aromatic heterocycles. The number of H-pyrrole nitrogens is 1. The number of nitrogens with zero attached hydrogens (tertiary/aromatic N) is 1. The van der Waals surface area contributed by atoms with Crippen LogP contribution in [-0.2, 0) is 6.42 Å². The van der Waals surface area contributed by atoms with Gasteiger partial charge in [-0.2, -0.15) is 0 Å². The molecule has 2 aromatic rings. The minimum Gasteiger partial charge on any atom is -0.342 e. The molecular weight excluding hydrogens is 220 g/mol. The average molecular weight is 242 g/mol. The van der Waals surface area contributed by atoms with Crippen LogP contribution in [0.3, 0.4) is 0 Å². The first kappa shape index (κ1) is 11.8. The largest absolute Gasteiger partial charge is 0.342 e. The lowest BCUT2D eigenvalue weighted by atomic mass is 10.00. The van der Waals surface area contributed by atoms with Gasteiger partial charge < -0.3 is 4.98 Å². The molecule has 1 heterocycles. The molecule has 1 N–H and O–H groups in total. The maximum absolute atomic E-state index is 4.80. The first-order valence-electron chi connectivity index (χ1n) is 7.35. The molecule has 18 heavy (non-hydrogen) atoms. The van der Waals surface area contributed by atoms with E-state index in [0.717, 1.165) is 11.9 Å². The van der Waals surface area contributed by atoms with Gasteiger partial charge in [0.1, 0.15) is 5.82 Å². The molecule has 1 fully saturated rings. The van der Waals surface area contributed by atoms with Gasteiger partial charge in [0.2, 0.25) is 0 Å². The Morgan fingerprint density at radius 2 is 1.94 bits per heavy atom. The maximum Gasteiger partial charge on any atom is 0.110 e. The number of fused-ring (bicyclic) bond motifs is 1. The van der Waals surface area contributed by atoms with Crippen LogP contribution in [0.5, 0.6) is 0 Å². The molecule has 0 atom stereocenters.